The van der Waals surface area contributed by atoms with E-state index in [2.05, 4.69) is 17.2 Å². The van der Waals surface area contributed by atoms with Gasteiger partial charge >= 0.3 is 6.09 Å². The minimum Gasteiger partial charge on any atom is -0.493 e. The van der Waals surface area contributed by atoms with Gasteiger partial charge in [-0.1, -0.05) is 50.8 Å². The molecule has 10 nitrogen and oxygen atoms in total. The first-order valence-electron chi connectivity index (χ1n) is 17.0. The minimum atomic E-state index is -0.750. The van der Waals surface area contributed by atoms with Crippen LogP contribution in [0.25, 0.3) is 6.08 Å². The van der Waals surface area contributed by atoms with Gasteiger partial charge in [-0.25, -0.2) is 9.79 Å². The molecule has 2 heterocycles. The topological polar surface area (TPSA) is 119 Å². The number of nitrogens with zero attached hydrogens (tertiary/aromatic N) is 2. The lowest BCUT2D eigenvalue weighted by molar-refractivity contribution is -0.128. The number of rotatable bonds is 9. The minimum absolute atomic E-state index is 0.113. The second-order valence-electron chi connectivity index (χ2n) is 14.2. The van der Waals surface area contributed by atoms with Crippen molar-refractivity contribution in [1.82, 2.24) is 15.5 Å². The van der Waals surface area contributed by atoms with Crippen molar-refractivity contribution in [2.45, 2.75) is 117 Å². The second-order valence-corrected chi connectivity index (χ2v) is 14.2. The summed E-state index contributed by atoms with van der Waals surface area (Å²) in [4.78, 5) is 46.8. The summed E-state index contributed by atoms with van der Waals surface area (Å²) in [5.41, 5.74) is 1.45. The molecule has 10 heteroatoms. The number of benzene rings is 2. The van der Waals surface area contributed by atoms with Crippen molar-refractivity contribution >= 4 is 29.9 Å². The third-order valence-electron chi connectivity index (χ3n) is 8.65. The molecule has 3 amide bonds. The first-order valence-corrected chi connectivity index (χ1v) is 17.0. The Labute approximate surface area is 285 Å². The SMILES string of the molecule is C=Cc1ccc2c(c1)[C@@H](NC(=O)CC[C@@H]1COc3ccccc3[C@H]1N(C(C)=O)C(=NC(CC)CC)NC(=O)OC(C)(C)C)CC(C)(C)O2. The zero-order chi connectivity index (χ0) is 35.2. The van der Waals surface area contributed by atoms with Gasteiger partial charge in [0.2, 0.25) is 17.8 Å². The molecule has 260 valence electrons. The Morgan fingerprint density at radius 3 is 2.46 bits per heavy atom. The lowest BCUT2D eigenvalue weighted by atomic mass is 9.85. The van der Waals surface area contributed by atoms with Crippen molar-refractivity contribution in [3.8, 4) is 11.5 Å². The van der Waals surface area contributed by atoms with Crippen LogP contribution in [0.15, 0.2) is 54.0 Å². The van der Waals surface area contributed by atoms with Crippen LogP contribution in [-0.2, 0) is 14.3 Å². The summed E-state index contributed by atoms with van der Waals surface area (Å²) in [6.07, 6.45) is 3.75. The van der Waals surface area contributed by atoms with Gasteiger partial charge in [0, 0.05) is 36.8 Å². The molecule has 0 aromatic heterocycles. The predicted octanol–water partition coefficient (Wildman–Crippen LogP) is 7.50. The summed E-state index contributed by atoms with van der Waals surface area (Å²) in [6.45, 7) is 19.0. The van der Waals surface area contributed by atoms with Crippen molar-refractivity contribution in [2.24, 2.45) is 10.9 Å². The Balaban J connectivity index is 1.64. The van der Waals surface area contributed by atoms with Crippen molar-refractivity contribution in [2.75, 3.05) is 6.61 Å². The monoisotopic (exact) mass is 660 g/mol. The maximum Gasteiger partial charge on any atom is 0.414 e. The zero-order valence-corrected chi connectivity index (χ0v) is 29.7. The number of hydrogen-bond acceptors (Lipinski definition) is 7. The number of nitrogens with one attached hydrogen (secondary N) is 2. The number of aliphatic imine (C=N–C) groups is 1. The van der Waals surface area contributed by atoms with Gasteiger partial charge in [0.1, 0.15) is 22.7 Å². The van der Waals surface area contributed by atoms with Gasteiger partial charge in [-0.15, -0.1) is 0 Å². The third kappa shape index (κ3) is 9.17. The van der Waals surface area contributed by atoms with Gasteiger partial charge in [0.05, 0.1) is 24.7 Å². The van der Waals surface area contributed by atoms with E-state index in [-0.39, 0.29) is 48.8 Å². The quantitative estimate of drug-likeness (QED) is 0.213. The van der Waals surface area contributed by atoms with Crippen LogP contribution in [0.4, 0.5) is 4.79 Å². The molecule has 3 atom stereocenters. The summed E-state index contributed by atoms with van der Waals surface area (Å²) in [5, 5.41) is 6.05. The van der Waals surface area contributed by atoms with E-state index in [1.54, 1.807) is 31.7 Å². The first-order chi connectivity index (χ1) is 22.6. The number of fused-ring (bicyclic) bond motifs is 2. The molecule has 0 bridgehead atoms. The van der Waals surface area contributed by atoms with Gasteiger partial charge in [0.25, 0.3) is 0 Å². The van der Waals surface area contributed by atoms with Crippen LogP contribution in [-0.4, -0.2) is 52.6 Å². The number of carbonyl (C=O) groups is 3. The number of hydrogen-bond donors (Lipinski definition) is 2. The van der Waals surface area contributed by atoms with E-state index >= 15 is 0 Å². The summed E-state index contributed by atoms with van der Waals surface area (Å²) >= 11 is 0. The lowest BCUT2D eigenvalue weighted by Crippen LogP contribution is -2.52. The number of para-hydroxylation sites is 1. The van der Waals surface area contributed by atoms with Crippen molar-refractivity contribution in [3.63, 3.8) is 0 Å². The number of amides is 3. The number of guanidine groups is 1. The highest BCUT2D eigenvalue weighted by Gasteiger charge is 2.40. The average Bonchev–Trinajstić information content (AvgIpc) is 3.01. The molecule has 0 unspecified atom stereocenters. The molecule has 2 aromatic carbocycles. The highest BCUT2D eigenvalue weighted by molar-refractivity contribution is 6.03. The smallest absolute Gasteiger partial charge is 0.414 e. The standard InChI is InChI=1S/C38H52N4O6/c1-10-25-17-19-32-29(21-25)30(22-38(8,9)47-32)40-33(44)20-18-26-23-46-31-16-14-13-15-28(31)34(26)42(24(4)43)35(39-27(11-2)12-3)41-36(45)48-37(5,6)7/h10,13-17,19,21,26-27,30,34H,1,11-12,18,20,22-23H2,2-9H3,(H,40,44)(H,39,41,45)/t26-,30+,34+/m1/s1. The molecule has 0 saturated heterocycles. The fraction of sp³-hybridized carbons (Fsp3) is 0.526. The van der Waals surface area contributed by atoms with Gasteiger partial charge in [0.15, 0.2) is 0 Å². The largest absolute Gasteiger partial charge is 0.493 e. The number of carbonyl (C=O) groups excluding carboxylic acids is 3. The van der Waals surface area contributed by atoms with Crippen LogP contribution >= 0.6 is 0 Å². The number of ether oxygens (including phenoxy) is 3. The van der Waals surface area contributed by atoms with E-state index in [1.165, 1.54) is 6.92 Å². The Kier molecular flexibility index (Phi) is 11.6. The van der Waals surface area contributed by atoms with Crippen LogP contribution in [0.3, 0.4) is 0 Å². The van der Waals surface area contributed by atoms with Crippen LogP contribution in [0, 0.1) is 5.92 Å². The molecule has 0 aliphatic carbocycles. The van der Waals surface area contributed by atoms with Crippen molar-refractivity contribution in [3.05, 3.63) is 65.7 Å². The van der Waals surface area contributed by atoms with E-state index < -0.39 is 23.3 Å². The fourth-order valence-corrected chi connectivity index (χ4v) is 6.37. The highest BCUT2D eigenvalue weighted by Crippen LogP contribution is 2.43. The zero-order valence-electron chi connectivity index (χ0n) is 29.7. The van der Waals surface area contributed by atoms with Crippen LogP contribution < -0.4 is 20.1 Å². The molecule has 48 heavy (non-hydrogen) atoms. The van der Waals surface area contributed by atoms with E-state index in [0.29, 0.717) is 18.6 Å². The van der Waals surface area contributed by atoms with Crippen LogP contribution in [0.2, 0.25) is 0 Å². The molecule has 2 aromatic rings. The Hall–Kier alpha value is -4.34. The normalized spacial score (nSPS) is 19.9. The molecule has 2 aliphatic rings. The van der Waals surface area contributed by atoms with Crippen molar-refractivity contribution < 1.29 is 28.6 Å². The van der Waals surface area contributed by atoms with Gasteiger partial charge in [-0.3, -0.25) is 19.8 Å². The molecule has 2 N–H and O–H groups in total. The van der Waals surface area contributed by atoms with Crippen LogP contribution in [0.1, 0.15) is 116 Å². The van der Waals surface area contributed by atoms with E-state index in [1.807, 2.05) is 70.2 Å². The Bertz CT molecular complexity index is 1520. The summed E-state index contributed by atoms with van der Waals surface area (Å²) < 4.78 is 18.0. The van der Waals surface area contributed by atoms with Gasteiger partial charge in [-0.05, 0) is 77.6 Å². The second kappa shape index (κ2) is 15.3. The van der Waals surface area contributed by atoms with E-state index in [9.17, 15) is 14.4 Å². The summed E-state index contributed by atoms with van der Waals surface area (Å²) in [6, 6.07) is 12.5. The van der Waals surface area contributed by atoms with Gasteiger partial charge in [-0.2, -0.15) is 0 Å². The maximum atomic E-state index is 13.6. The molecule has 4 rings (SSSR count). The molecular weight excluding hydrogens is 608 g/mol. The average molecular weight is 661 g/mol. The summed E-state index contributed by atoms with van der Waals surface area (Å²) in [5.74, 6) is 0.822. The number of alkyl carbamates (subject to hydrolysis) is 1. The molecule has 2 aliphatic heterocycles. The summed E-state index contributed by atoms with van der Waals surface area (Å²) in [7, 11) is 0. The molecule has 0 saturated carbocycles. The third-order valence-corrected chi connectivity index (χ3v) is 8.65. The van der Waals surface area contributed by atoms with Crippen LogP contribution in [0.5, 0.6) is 11.5 Å². The molecule has 0 fully saturated rings. The Morgan fingerprint density at radius 1 is 1.10 bits per heavy atom. The molecular formula is C38H52N4O6. The van der Waals surface area contributed by atoms with E-state index in [0.717, 1.165) is 35.3 Å². The fourth-order valence-electron chi connectivity index (χ4n) is 6.37. The van der Waals surface area contributed by atoms with E-state index in [4.69, 9.17) is 19.2 Å². The molecule has 0 spiro atoms. The first kappa shape index (κ1) is 36.5. The van der Waals surface area contributed by atoms with Gasteiger partial charge < -0.3 is 19.5 Å². The lowest BCUT2D eigenvalue weighted by Gasteiger charge is -2.41. The van der Waals surface area contributed by atoms with Crippen molar-refractivity contribution in [1.29, 1.82) is 0 Å². The predicted molar refractivity (Wildman–Crippen MR) is 188 cm³/mol. The maximum absolute atomic E-state index is 13.6. The highest BCUT2D eigenvalue weighted by atomic mass is 16.6. The Morgan fingerprint density at radius 2 is 1.81 bits per heavy atom. The molecule has 0 radical (unpaired) electrons.